The van der Waals surface area contributed by atoms with Gasteiger partial charge < -0.3 is 15.2 Å². The molecule has 0 aromatic carbocycles. The number of aromatic amines is 1. The lowest BCUT2D eigenvalue weighted by Crippen LogP contribution is -2.47. The maximum absolute atomic E-state index is 4.65. The van der Waals surface area contributed by atoms with Crippen molar-refractivity contribution in [2.45, 2.75) is 50.7 Å². The van der Waals surface area contributed by atoms with Crippen molar-refractivity contribution in [3.8, 4) is 22.6 Å². The van der Waals surface area contributed by atoms with Gasteiger partial charge in [0.25, 0.3) is 0 Å². The number of fused-ring (bicyclic) bond motifs is 3. The molecule has 3 atom stereocenters. The molecule has 9 nitrogen and oxygen atoms in total. The lowest BCUT2D eigenvalue weighted by molar-refractivity contribution is 0.353. The molecule has 4 aromatic heterocycles. The van der Waals surface area contributed by atoms with Crippen molar-refractivity contribution in [2.24, 2.45) is 0 Å². The van der Waals surface area contributed by atoms with Gasteiger partial charge >= 0.3 is 0 Å². The zero-order chi connectivity index (χ0) is 20.9. The molecular weight excluding hydrogens is 390 g/mol. The van der Waals surface area contributed by atoms with Crippen LogP contribution in [0, 0.1) is 6.92 Å². The smallest absolute Gasteiger partial charge is 0.165 e. The molecule has 2 aliphatic rings. The minimum atomic E-state index is 0.512. The van der Waals surface area contributed by atoms with Crippen LogP contribution < -0.4 is 10.2 Å². The summed E-state index contributed by atoms with van der Waals surface area (Å²) in [7, 11) is 2.14. The summed E-state index contributed by atoms with van der Waals surface area (Å²) in [5.41, 5.74) is 4.25. The largest absolute Gasteiger partial charge is 0.355 e. The van der Waals surface area contributed by atoms with Crippen LogP contribution in [0.4, 0.5) is 5.82 Å². The zero-order valence-corrected chi connectivity index (χ0v) is 17.7. The molecule has 2 aliphatic heterocycles. The van der Waals surface area contributed by atoms with Crippen molar-refractivity contribution >= 4 is 11.5 Å². The van der Waals surface area contributed by atoms with Crippen molar-refractivity contribution in [1.29, 1.82) is 0 Å². The Morgan fingerprint density at radius 2 is 1.90 bits per heavy atom. The van der Waals surface area contributed by atoms with Crippen LogP contribution in [0.1, 0.15) is 31.5 Å². The predicted molar refractivity (Wildman–Crippen MR) is 118 cm³/mol. The van der Waals surface area contributed by atoms with Gasteiger partial charge in [-0.1, -0.05) is 0 Å². The number of aromatic nitrogens is 7. The fourth-order valence-electron chi connectivity index (χ4n) is 5.05. The van der Waals surface area contributed by atoms with Crippen LogP contribution in [0.3, 0.4) is 0 Å². The normalized spacial score (nSPS) is 22.8. The van der Waals surface area contributed by atoms with Gasteiger partial charge in [0, 0.05) is 30.7 Å². The average molecular weight is 416 g/mol. The Morgan fingerprint density at radius 1 is 1.06 bits per heavy atom. The number of H-pyrrole nitrogens is 1. The van der Waals surface area contributed by atoms with Crippen molar-refractivity contribution < 1.29 is 0 Å². The number of anilines is 1. The van der Waals surface area contributed by atoms with Gasteiger partial charge in [-0.15, -0.1) is 10.2 Å². The topological polar surface area (TPSA) is 99.9 Å². The Balaban J connectivity index is 1.32. The highest BCUT2D eigenvalue weighted by atomic mass is 15.3. The maximum atomic E-state index is 4.65. The Hall–Kier alpha value is -3.33. The molecule has 6 heterocycles. The van der Waals surface area contributed by atoms with E-state index in [0.29, 0.717) is 23.9 Å². The molecule has 4 aromatic rings. The SMILES string of the molecule is Cc1nc2c(-c3ccc(N(C)C4C[C@H]5CC[C@@H](C4)N5)nn3)ccc(-c3cnc[nH]3)n2n1. The molecule has 2 N–H and O–H groups in total. The number of hydrogen-bond donors (Lipinski definition) is 2. The first-order chi connectivity index (χ1) is 15.2. The summed E-state index contributed by atoms with van der Waals surface area (Å²) in [6, 6.07) is 9.94. The minimum absolute atomic E-state index is 0.512. The highest BCUT2D eigenvalue weighted by molar-refractivity contribution is 5.78. The molecule has 2 fully saturated rings. The van der Waals surface area contributed by atoms with E-state index in [1.807, 2.05) is 29.6 Å². The van der Waals surface area contributed by atoms with E-state index in [4.69, 9.17) is 0 Å². The molecule has 6 rings (SSSR count). The Bertz CT molecular complexity index is 1200. The van der Waals surface area contributed by atoms with E-state index in [9.17, 15) is 0 Å². The second-order valence-corrected chi connectivity index (χ2v) is 8.64. The number of pyridine rings is 1. The number of imidazole rings is 1. The van der Waals surface area contributed by atoms with Crippen LogP contribution in [0.5, 0.6) is 0 Å². The standard InChI is InChI=1S/C22H25N9/c1-13-25-22-17(5-7-20(31(22)29-13)19-11-23-12-24-19)18-6-8-21(28-27-18)30(2)16-9-14-3-4-15(10-16)26-14/h5-8,11-12,14-16,26H,3-4,9-10H2,1-2H3,(H,23,24)/t14-,15+,16?. The molecule has 9 heteroatoms. The van der Waals surface area contributed by atoms with Gasteiger partial charge in [-0.2, -0.15) is 5.10 Å². The number of hydrogen-bond acceptors (Lipinski definition) is 7. The van der Waals surface area contributed by atoms with Gasteiger partial charge in [0.2, 0.25) is 0 Å². The van der Waals surface area contributed by atoms with E-state index in [-0.39, 0.29) is 0 Å². The molecule has 0 amide bonds. The summed E-state index contributed by atoms with van der Waals surface area (Å²) in [6.07, 6.45) is 8.37. The molecule has 1 unspecified atom stereocenters. The van der Waals surface area contributed by atoms with Gasteiger partial charge in [-0.25, -0.2) is 14.5 Å². The molecule has 0 spiro atoms. The number of rotatable bonds is 4. The highest BCUT2D eigenvalue weighted by Crippen LogP contribution is 2.32. The number of nitrogens with zero attached hydrogens (tertiary/aromatic N) is 7. The first kappa shape index (κ1) is 18.4. The van der Waals surface area contributed by atoms with E-state index in [0.717, 1.165) is 34.1 Å². The number of piperidine rings is 1. The van der Waals surface area contributed by atoms with Gasteiger partial charge in [-0.05, 0) is 56.9 Å². The zero-order valence-electron chi connectivity index (χ0n) is 17.7. The number of aryl methyl sites for hydroxylation is 1. The third kappa shape index (κ3) is 3.16. The minimum Gasteiger partial charge on any atom is -0.355 e. The summed E-state index contributed by atoms with van der Waals surface area (Å²) >= 11 is 0. The van der Waals surface area contributed by atoms with E-state index >= 15 is 0 Å². The van der Waals surface area contributed by atoms with Crippen LogP contribution in [0.25, 0.3) is 28.3 Å². The van der Waals surface area contributed by atoms with Gasteiger partial charge in [0.15, 0.2) is 11.5 Å². The summed E-state index contributed by atoms with van der Waals surface area (Å²) in [5.74, 6) is 1.62. The summed E-state index contributed by atoms with van der Waals surface area (Å²) in [6.45, 7) is 1.89. The summed E-state index contributed by atoms with van der Waals surface area (Å²) in [4.78, 5) is 14.2. The molecule has 2 saturated heterocycles. The van der Waals surface area contributed by atoms with Crippen molar-refractivity contribution in [2.75, 3.05) is 11.9 Å². The first-order valence-corrected chi connectivity index (χ1v) is 10.8. The second kappa shape index (κ2) is 7.12. The van der Waals surface area contributed by atoms with Gasteiger partial charge in [0.1, 0.15) is 5.82 Å². The summed E-state index contributed by atoms with van der Waals surface area (Å²) in [5, 5.41) is 17.4. The molecule has 0 radical (unpaired) electrons. The Morgan fingerprint density at radius 3 is 2.61 bits per heavy atom. The second-order valence-electron chi connectivity index (χ2n) is 8.64. The predicted octanol–water partition coefficient (Wildman–Crippen LogP) is 2.60. The monoisotopic (exact) mass is 415 g/mol. The van der Waals surface area contributed by atoms with Crippen molar-refractivity contribution in [3.05, 3.63) is 42.6 Å². The molecule has 2 bridgehead atoms. The highest BCUT2D eigenvalue weighted by Gasteiger charge is 2.35. The third-order valence-corrected chi connectivity index (χ3v) is 6.65. The van der Waals surface area contributed by atoms with Crippen LogP contribution in [0.2, 0.25) is 0 Å². The van der Waals surface area contributed by atoms with Gasteiger partial charge in [0.05, 0.1) is 29.6 Å². The van der Waals surface area contributed by atoms with Crippen LogP contribution >= 0.6 is 0 Å². The van der Waals surface area contributed by atoms with Gasteiger partial charge in [-0.3, -0.25) is 0 Å². The van der Waals surface area contributed by atoms with Crippen LogP contribution in [-0.4, -0.2) is 59.9 Å². The molecule has 0 aliphatic carbocycles. The fourth-order valence-corrected chi connectivity index (χ4v) is 5.05. The van der Waals surface area contributed by atoms with Crippen LogP contribution in [0.15, 0.2) is 36.8 Å². The lowest BCUT2D eigenvalue weighted by atomic mass is 9.98. The first-order valence-electron chi connectivity index (χ1n) is 10.8. The fraction of sp³-hybridized carbons (Fsp3) is 0.409. The summed E-state index contributed by atoms with van der Waals surface area (Å²) < 4.78 is 1.84. The van der Waals surface area contributed by atoms with Crippen molar-refractivity contribution in [1.82, 2.24) is 40.1 Å². The van der Waals surface area contributed by atoms with E-state index in [1.165, 1.54) is 25.7 Å². The number of nitrogens with one attached hydrogen (secondary N) is 2. The van der Waals surface area contributed by atoms with E-state index in [2.05, 4.69) is 53.6 Å². The Kier molecular flexibility index (Phi) is 4.24. The third-order valence-electron chi connectivity index (χ3n) is 6.65. The average Bonchev–Trinajstić information content (AvgIpc) is 3.52. The lowest BCUT2D eigenvalue weighted by Gasteiger charge is -2.36. The van der Waals surface area contributed by atoms with Crippen molar-refractivity contribution in [3.63, 3.8) is 0 Å². The molecular formula is C22H25N9. The maximum Gasteiger partial charge on any atom is 0.165 e. The molecule has 0 saturated carbocycles. The quantitative estimate of drug-likeness (QED) is 0.528. The van der Waals surface area contributed by atoms with E-state index in [1.54, 1.807) is 12.5 Å². The van der Waals surface area contributed by atoms with E-state index < -0.39 is 0 Å². The van der Waals surface area contributed by atoms with Crippen LogP contribution in [-0.2, 0) is 0 Å². The Labute approximate surface area is 179 Å². The molecule has 31 heavy (non-hydrogen) atoms. The molecule has 158 valence electrons.